The van der Waals surface area contributed by atoms with Crippen LogP contribution in [0.3, 0.4) is 0 Å². The highest BCUT2D eigenvalue weighted by atomic mass is 32.2. The van der Waals surface area contributed by atoms with Crippen molar-refractivity contribution in [3.05, 3.63) is 16.1 Å². The fraction of sp³-hybridized carbons (Fsp3) is 0.700. The zero-order valence-electron chi connectivity index (χ0n) is 9.27. The van der Waals surface area contributed by atoms with Gasteiger partial charge in [-0.3, -0.25) is 0 Å². The summed E-state index contributed by atoms with van der Waals surface area (Å²) in [7, 11) is -2.86. The van der Waals surface area contributed by atoms with Gasteiger partial charge in [-0.15, -0.1) is 11.3 Å². The van der Waals surface area contributed by atoms with Crippen LogP contribution in [-0.4, -0.2) is 32.0 Å². The maximum atomic E-state index is 10.9. The number of thiazole rings is 1. The number of sulfone groups is 1. The van der Waals surface area contributed by atoms with Crippen molar-refractivity contribution in [2.75, 3.05) is 18.6 Å². The van der Waals surface area contributed by atoms with Crippen molar-refractivity contribution in [1.29, 1.82) is 0 Å². The topological polar surface area (TPSA) is 59.1 Å². The molecule has 0 atom stereocenters. The predicted molar refractivity (Wildman–Crippen MR) is 65.5 cm³/mol. The molecule has 0 amide bonds. The molecular weight excluding hydrogens is 244 g/mol. The zero-order valence-corrected chi connectivity index (χ0v) is 10.9. The van der Waals surface area contributed by atoms with E-state index >= 15 is 0 Å². The molecule has 0 saturated heterocycles. The summed E-state index contributed by atoms with van der Waals surface area (Å²) in [6.07, 6.45) is 3.80. The van der Waals surface area contributed by atoms with E-state index in [1.807, 2.05) is 0 Å². The van der Waals surface area contributed by atoms with Crippen molar-refractivity contribution < 1.29 is 8.42 Å². The van der Waals surface area contributed by atoms with Crippen LogP contribution in [0.25, 0.3) is 0 Å². The van der Waals surface area contributed by atoms with E-state index in [0.717, 1.165) is 5.69 Å². The minimum absolute atomic E-state index is 0.187. The van der Waals surface area contributed by atoms with Crippen molar-refractivity contribution in [1.82, 2.24) is 10.3 Å². The van der Waals surface area contributed by atoms with Gasteiger partial charge in [-0.25, -0.2) is 13.4 Å². The summed E-state index contributed by atoms with van der Waals surface area (Å²) in [5, 5.41) is 6.39. The Morgan fingerprint density at radius 3 is 2.94 bits per heavy atom. The molecule has 1 aliphatic carbocycles. The first-order valence-electron chi connectivity index (χ1n) is 5.37. The van der Waals surface area contributed by atoms with Crippen LogP contribution >= 0.6 is 11.3 Å². The highest BCUT2D eigenvalue weighted by molar-refractivity contribution is 7.90. The molecule has 1 aliphatic rings. The Kier molecular flexibility index (Phi) is 3.61. The normalized spacial score (nSPS) is 16.6. The first-order valence-corrected chi connectivity index (χ1v) is 8.31. The second kappa shape index (κ2) is 4.81. The molecule has 1 fully saturated rings. The van der Waals surface area contributed by atoms with Crippen LogP contribution in [0, 0.1) is 0 Å². The average Bonchev–Trinajstić information content (AvgIpc) is 2.93. The van der Waals surface area contributed by atoms with Crippen LogP contribution in [0.2, 0.25) is 0 Å². The molecular formula is C10H16N2O2S2. The predicted octanol–water partition coefficient (Wildman–Crippen LogP) is 1.15. The summed E-state index contributed by atoms with van der Waals surface area (Å²) < 4.78 is 21.8. The van der Waals surface area contributed by atoms with Crippen LogP contribution in [0.4, 0.5) is 0 Å². The molecule has 0 unspecified atom stereocenters. The maximum absolute atomic E-state index is 10.9. The molecule has 0 aromatic carbocycles. The van der Waals surface area contributed by atoms with Crippen molar-refractivity contribution in [2.45, 2.75) is 25.3 Å². The Morgan fingerprint density at radius 2 is 2.31 bits per heavy atom. The van der Waals surface area contributed by atoms with Gasteiger partial charge in [0.25, 0.3) is 0 Å². The molecule has 0 aliphatic heterocycles. The Hall–Kier alpha value is -0.460. The summed E-state index contributed by atoms with van der Waals surface area (Å²) in [4.78, 5) is 4.51. The van der Waals surface area contributed by atoms with E-state index in [1.165, 1.54) is 24.1 Å². The fourth-order valence-electron chi connectivity index (χ4n) is 1.40. The molecule has 0 spiro atoms. The highest BCUT2D eigenvalue weighted by Gasteiger charge is 2.26. The second-order valence-corrected chi connectivity index (χ2v) is 7.41. The van der Waals surface area contributed by atoms with Gasteiger partial charge in [-0.2, -0.15) is 0 Å². The number of hydrogen-bond donors (Lipinski definition) is 1. The SMILES string of the molecule is CS(=O)(=O)CCNCc1csc(C2CC2)n1. The third kappa shape index (κ3) is 3.84. The van der Waals surface area contributed by atoms with Crippen molar-refractivity contribution >= 4 is 21.2 Å². The molecule has 16 heavy (non-hydrogen) atoms. The van der Waals surface area contributed by atoms with E-state index in [4.69, 9.17) is 0 Å². The molecule has 4 nitrogen and oxygen atoms in total. The molecule has 1 aromatic heterocycles. The number of nitrogens with zero attached hydrogens (tertiary/aromatic N) is 1. The van der Waals surface area contributed by atoms with Crippen molar-refractivity contribution in [3.8, 4) is 0 Å². The Morgan fingerprint density at radius 1 is 1.56 bits per heavy atom. The molecule has 6 heteroatoms. The minimum atomic E-state index is -2.86. The largest absolute Gasteiger partial charge is 0.310 e. The van der Waals surface area contributed by atoms with Crippen LogP contribution in [-0.2, 0) is 16.4 Å². The third-order valence-corrected chi connectivity index (χ3v) is 4.45. The molecule has 0 bridgehead atoms. The van der Waals surface area contributed by atoms with E-state index in [1.54, 1.807) is 11.3 Å². The lowest BCUT2D eigenvalue weighted by atomic mass is 10.4. The smallest absolute Gasteiger partial charge is 0.148 e. The summed E-state index contributed by atoms with van der Waals surface area (Å²) >= 11 is 1.71. The maximum Gasteiger partial charge on any atom is 0.148 e. The molecule has 2 rings (SSSR count). The lowest BCUT2D eigenvalue weighted by Gasteiger charge is -2.00. The number of aromatic nitrogens is 1. The zero-order chi connectivity index (χ0) is 11.6. The summed E-state index contributed by atoms with van der Waals surface area (Å²) in [5.41, 5.74) is 1.03. The molecule has 1 N–H and O–H groups in total. The van der Waals surface area contributed by atoms with Gasteiger partial charge in [-0.1, -0.05) is 0 Å². The van der Waals surface area contributed by atoms with Gasteiger partial charge < -0.3 is 5.32 Å². The second-order valence-electron chi connectivity index (χ2n) is 4.26. The van der Waals surface area contributed by atoms with Gasteiger partial charge >= 0.3 is 0 Å². The number of nitrogens with one attached hydrogen (secondary N) is 1. The third-order valence-electron chi connectivity index (χ3n) is 2.45. The minimum Gasteiger partial charge on any atom is -0.310 e. The molecule has 90 valence electrons. The van der Waals surface area contributed by atoms with E-state index in [9.17, 15) is 8.42 Å². The van der Waals surface area contributed by atoms with Gasteiger partial charge in [0.1, 0.15) is 9.84 Å². The molecule has 1 aromatic rings. The lowest BCUT2D eigenvalue weighted by molar-refractivity contribution is 0.596. The van der Waals surface area contributed by atoms with E-state index in [2.05, 4.69) is 15.7 Å². The quantitative estimate of drug-likeness (QED) is 0.780. The Balaban J connectivity index is 1.72. The summed E-state index contributed by atoms with van der Waals surface area (Å²) in [5.74, 6) is 0.891. The van der Waals surface area contributed by atoms with E-state index in [0.29, 0.717) is 19.0 Å². The standard InChI is InChI=1S/C10H16N2O2S2/c1-16(13,14)5-4-11-6-9-7-15-10(12-9)8-2-3-8/h7-8,11H,2-6H2,1H3. The Labute approximate surface area is 100 Å². The van der Waals surface area contributed by atoms with Crippen molar-refractivity contribution in [3.63, 3.8) is 0 Å². The average molecular weight is 260 g/mol. The van der Waals surface area contributed by atoms with E-state index in [-0.39, 0.29) is 5.75 Å². The van der Waals surface area contributed by atoms with Gasteiger partial charge in [0.2, 0.25) is 0 Å². The van der Waals surface area contributed by atoms with Crippen molar-refractivity contribution in [2.24, 2.45) is 0 Å². The summed E-state index contributed by atoms with van der Waals surface area (Å²) in [6, 6.07) is 0. The van der Waals surface area contributed by atoms with Gasteiger partial charge in [0.05, 0.1) is 16.5 Å². The van der Waals surface area contributed by atoms with Crippen LogP contribution < -0.4 is 5.32 Å². The first kappa shape index (κ1) is 12.0. The van der Waals surface area contributed by atoms with Crippen LogP contribution in [0.5, 0.6) is 0 Å². The molecule has 0 radical (unpaired) electrons. The van der Waals surface area contributed by atoms with Gasteiger partial charge in [-0.05, 0) is 12.8 Å². The van der Waals surface area contributed by atoms with Gasteiger partial charge in [0.15, 0.2) is 0 Å². The number of rotatable bonds is 6. The van der Waals surface area contributed by atoms with Gasteiger partial charge in [0, 0.05) is 30.6 Å². The Bertz CT molecular complexity index is 449. The fourth-order valence-corrected chi connectivity index (χ4v) is 2.90. The van der Waals surface area contributed by atoms with Crippen LogP contribution in [0.1, 0.15) is 29.5 Å². The highest BCUT2D eigenvalue weighted by Crippen LogP contribution is 2.41. The molecule has 1 heterocycles. The lowest BCUT2D eigenvalue weighted by Crippen LogP contribution is -2.22. The monoisotopic (exact) mass is 260 g/mol. The first-order chi connectivity index (χ1) is 7.54. The molecule has 1 saturated carbocycles. The number of hydrogen-bond acceptors (Lipinski definition) is 5. The van der Waals surface area contributed by atoms with Crippen LogP contribution in [0.15, 0.2) is 5.38 Å². The van der Waals surface area contributed by atoms with E-state index < -0.39 is 9.84 Å². The summed E-state index contributed by atoms with van der Waals surface area (Å²) in [6.45, 7) is 1.16.